The lowest BCUT2D eigenvalue weighted by molar-refractivity contribution is 0.478. The molecule has 2 rings (SSSR count). The third-order valence-corrected chi connectivity index (χ3v) is 3.07. The lowest BCUT2D eigenvalue weighted by atomic mass is 10.1. The Kier molecular flexibility index (Phi) is 3.71. The van der Waals surface area contributed by atoms with Crippen LogP contribution in [0.1, 0.15) is 29.2 Å². The van der Waals surface area contributed by atoms with E-state index in [0.29, 0.717) is 0 Å². The second-order valence-electron chi connectivity index (χ2n) is 4.88. The minimum absolute atomic E-state index is 0.917. The maximum atomic E-state index is 5.97. The molecule has 18 heavy (non-hydrogen) atoms. The maximum absolute atomic E-state index is 5.97. The van der Waals surface area contributed by atoms with Gasteiger partial charge in [-0.1, -0.05) is 25.1 Å². The van der Waals surface area contributed by atoms with E-state index >= 15 is 0 Å². The summed E-state index contributed by atoms with van der Waals surface area (Å²) in [5.41, 5.74) is 4.99. The van der Waals surface area contributed by atoms with Crippen LogP contribution in [-0.4, -0.2) is 0 Å². The molecule has 0 aliphatic rings. The average molecular weight is 240 g/mol. The molecule has 0 N–H and O–H groups in total. The Bertz CT molecular complexity index is 535. The Labute approximate surface area is 109 Å². The predicted molar refractivity (Wildman–Crippen MR) is 76.5 cm³/mol. The second kappa shape index (κ2) is 5.26. The second-order valence-corrected chi connectivity index (χ2v) is 4.88. The Morgan fingerprint density at radius 3 is 2.11 bits per heavy atom. The number of ether oxygens (including phenoxy) is 1. The summed E-state index contributed by atoms with van der Waals surface area (Å²) in [4.78, 5) is 0. The summed E-state index contributed by atoms with van der Waals surface area (Å²) in [7, 11) is 0. The zero-order chi connectivity index (χ0) is 13.1. The first-order valence-corrected chi connectivity index (χ1v) is 6.44. The van der Waals surface area contributed by atoms with Gasteiger partial charge in [0.25, 0.3) is 0 Å². The summed E-state index contributed by atoms with van der Waals surface area (Å²) in [5.74, 6) is 1.86. The fourth-order valence-electron chi connectivity index (χ4n) is 2.16. The SMILES string of the molecule is CCc1ccc(Oc2cc(C)cc(C)c2)c(C)c1. The fraction of sp³-hybridized carbons (Fsp3) is 0.294. The molecule has 0 amide bonds. The number of rotatable bonds is 3. The highest BCUT2D eigenvalue weighted by Gasteiger charge is 2.03. The minimum atomic E-state index is 0.917. The number of hydrogen-bond acceptors (Lipinski definition) is 1. The van der Waals surface area contributed by atoms with Crippen LogP contribution in [0, 0.1) is 20.8 Å². The van der Waals surface area contributed by atoms with Gasteiger partial charge in [0.2, 0.25) is 0 Å². The van der Waals surface area contributed by atoms with Crippen molar-refractivity contribution in [3.63, 3.8) is 0 Å². The van der Waals surface area contributed by atoms with Crippen molar-refractivity contribution in [1.82, 2.24) is 0 Å². The Hall–Kier alpha value is -1.76. The largest absolute Gasteiger partial charge is 0.457 e. The first-order chi connectivity index (χ1) is 8.58. The molecule has 0 bridgehead atoms. The fourth-order valence-corrected chi connectivity index (χ4v) is 2.16. The summed E-state index contributed by atoms with van der Waals surface area (Å²) in [5, 5.41) is 0. The molecule has 2 aromatic rings. The smallest absolute Gasteiger partial charge is 0.130 e. The van der Waals surface area contributed by atoms with E-state index in [9.17, 15) is 0 Å². The van der Waals surface area contributed by atoms with E-state index in [4.69, 9.17) is 4.74 Å². The zero-order valence-corrected chi connectivity index (χ0v) is 11.6. The molecule has 0 unspecified atom stereocenters. The van der Waals surface area contributed by atoms with E-state index in [1.54, 1.807) is 0 Å². The van der Waals surface area contributed by atoms with Gasteiger partial charge in [-0.2, -0.15) is 0 Å². The van der Waals surface area contributed by atoms with Crippen LogP contribution in [-0.2, 0) is 6.42 Å². The minimum Gasteiger partial charge on any atom is -0.457 e. The molecule has 0 fully saturated rings. The van der Waals surface area contributed by atoms with Crippen molar-refractivity contribution in [3.8, 4) is 11.5 Å². The molecule has 94 valence electrons. The highest BCUT2D eigenvalue weighted by Crippen LogP contribution is 2.27. The maximum Gasteiger partial charge on any atom is 0.130 e. The van der Waals surface area contributed by atoms with Crippen LogP contribution >= 0.6 is 0 Å². The molecular weight excluding hydrogens is 220 g/mol. The van der Waals surface area contributed by atoms with Gasteiger partial charge in [0, 0.05) is 0 Å². The summed E-state index contributed by atoms with van der Waals surface area (Å²) >= 11 is 0. The van der Waals surface area contributed by atoms with E-state index in [1.165, 1.54) is 22.3 Å². The monoisotopic (exact) mass is 240 g/mol. The number of aryl methyl sites for hydroxylation is 4. The summed E-state index contributed by atoms with van der Waals surface area (Å²) in [6.07, 6.45) is 1.06. The van der Waals surface area contributed by atoms with Crippen molar-refractivity contribution in [1.29, 1.82) is 0 Å². The van der Waals surface area contributed by atoms with E-state index in [0.717, 1.165) is 17.9 Å². The van der Waals surface area contributed by atoms with Gasteiger partial charge in [-0.25, -0.2) is 0 Å². The molecule has 1 nitrogen and oxygen atoms in total. The van der Waals surface area contributed by atoms with Gasteiger partial charge in [-0.05, 0) is 67.6 Å². The van der Waals surface area contributed by atoms with Crippen LogP contribution in [0.2, 0.25) is 0 Å². The summed E-state index contributed by atoms with van der Waals surface area (Å²) in [6.45, 7) is 8.44. The molecule has 0 aliphatic carbocycles. The molecule has 0 aromatic heterocycles. The quantitative estimate of drug-likeness (QED) is 0.736. The van der Waals surface area contributed by atoms with Crippen molar-refractivity contribution < 1.29 is 4.74 Å². The van der Waals surface area contributed by atoms with Crippen LogP contribution < -0.4 is 4.74 Å². The van der Waals surface area contributed by atoms with Crippen molar-refractivity contribution in [3.05, 3.63) is 58.7 Å². The van der Waals surface area contributed by atoms with Gasteiger partial charge in [0.1, 0.15) is 11.5 Å². The summed E-state index contributed by atoms with van der Waals surface area (Å²) in [6, 6.07) is 12.7. The topological polar surface area (TPSA) is 9.23 Å². The molecule has 0 saturated carbocycles. The highest BCUT2D eigenvalue weighted by atomic mass is 16.5. The normalized spacial score (nSPS) is 10.4. The van der Waals surface area contributed by atoms with Crippen molar-refractivity contribution in [2.75, 3.05) is 0 Å². The molecule has 0 spiro atoms. The first-order valence-electron chi connectivity index (χ1n) is 6.44. The molecule has 0 heterocycles. The number of hydrogen-bond donors (Lipinski definition) is 0. The summed E-state index contributed by atoms with van der Waals surface area (Å²) < 4.78 is 5.97. The van der Waals surface area contributed by atoms with Gasteiger partial charge in [0.15, 0.2) is 0 Å². The van der Waals surface area contributed by atoms with Crippen LogP contribution in [0.4, 0.5) is 0 Å². The van der Waals surface area contributed by atoms with E-state index in [1.807, 2.05) is 0 Å². The van der Waals surface area contributed by atoms with Crippen LogP contribution in [0.25, 0.3) is 0 Å². The van der Waals surface area contributed by atoms with Crippen LogP contribution in [0.15, 0.2) is 36.4 Å². The Balaban J connectivity index is 2.28. The molecular formula is C17H20O. The van der Waals surface area contributed by atoms with Crippen molar-refractivity contribution in [2.45, 2.75) is 34.1 Å². The molecule has 0 radical (unpaired) electrons. The van der Waals surface area contributed by atoms with Gasteiger partial charge < -0.3 is 4.74 Å². The highest BCUT2D eigenvalue weighted by molar-refractivity contribution is 5.41. The lowest BCUT2D eigenvalue weighted by Crippen LogP contribution is -1.91. The van der Waals surface area contributed by atoms with Crippen molar-refractivity contribution >= 4 is 0 Å². The van der Waals surface area contributed by atoms with Gasteiger partial charge >= 0.3 is 0 Å². The Morgan fingerprint density at radius 2 is 1.56 bits per heavy atom. The van der Waals surface area contributed by atoms with Gasteiger partial charge in [-0.15, -0.1) is 0 Å². The van der Waals surface area contributed by atoms with E-state index in [-0.39, 0.29) is 0 Å². The third kappa shape index (κ3) is 2.92. The van der Waals surface area contributed by atoms with Crippen LogP contribution in [0.5, 0.6) is 11.5 Å². The van der Waals surface area contributed by atoms with E-state index < -0.39 is 0 Å². The number of benzene rings is 2. The van der Waals surface area contributed by atoms with Crippen molar-refractivity contribution in [2.24, 2.45) is 0 Å². The molecule has 0 saturated heterocycles. The van der Waals surface area contributed by atoms with Gasteiger partial charge in [0.05, 0.1) is 0 Å². The van der Waals surface area contributed by atoms with Gasteiger partial charge in [-0.3, -0.25) is 0 Å². The predicted octanol–water partition coefficient (Wildman–Crippen LogP) is 4.97. The average Bonchev–Trinajstić information content (AvgIpc) is 2.30. The van der Waals surface area contributed by atoms with Crippen LogP contribution in [0.3, 0.4) is 0 Å². The molecule has 0 aliphatic heterocycles. The Morgan fingerprint density at radius 1 is 0.889 bits per heavy atom. The molecule has 1 heteroatoms. The zero-order valence-electron chi connectivity index (χ0n) is 11.6. The van der Waals surface area contributed by atoms with E-state index in [2.05, 4.69) is 64.1 Å². The molecule has 2 aromatic carbocycles. The first kappa shape index (κ1) is 12.7. The lowest BCUT2D eigenvalue weighted by Gasteiger charge is -2.11. The standard InChI is InChI=1S/C17H20O/c1-5-15-6-7-17(14(4)11-15)18-16-9-12(2)8-13(3)10-16/h6-11H,5H2,1-4H3. The molecule has 0 atom stereocenters. The third-order valence-electron chi connectivity index (χ3n) is 3.07.